The molecule has 0 radical (unpaired) electrons. The SMILES string of the molecule is CCNc1cc(Oc2cccc(Cl)c2Cl)nc(COC)n1. The average molecular weight is 328 g/mol. The normalized spacial score (nSPS) is 10.5. The second-order valence-corrected chi connectivity index (χ2v) is 4.91. The van der Waals surface area contributed by atoms with Gasteiger partial charge in [0.15, 0.2) is 5.82 Å². The predicted octanol–water partition coefficient (Wildman–Crippen LogP) is 4.15. The maximum Gasteiger partial charge on any atom is 0.224 e. The fourth-order valence-electron chi connectivity index (χ4n) is 1.67. The molecule has 0 bridgehead atoms. The summed E-state index contributed by atoms with van der Waals surface area (Å²) in [6.07, 6.45) is 0. The number of halogens is 2. The van der Waals surface area contributed by atoms with Crippen molar-refractivity contribution in [3.8, 4) is 11.6 Å². The first kappa shape index (κ1) is 15.8. The maximum absolute atomic E-state index is 6.10. The molecule has 1 aromatic carbocycles. The standard InChI is InChI=1S/C14H15Cl2N3O2/c1-3-17-11-7-13(19-12(18-11)8-20-2)21-10-6-4-5-9(15)14(10)16/h4-7H,3,8H2,1-2H3,(H,17,18,19). The van der Waals surface area contributed by atoms with Crippen molar-refractivity contribution in [1.82, 2.24) is 9.97 Å². The molecule has 21 heavy (non-hydrogen) atoms. The predicted molar refractivity (Wildman–Crippen MR) is 83.4 cm³/mol. The number of anilines is 1. The van der Waals surface area contributed by atoms with E-state index in [1.165, 1.54) is 0 Å². The minimum atomic E-state index is 0.291. The van der Waals surface area contributed by atoms with E-state index in [4.69, 9.17) is 32.7 Å². The van der Waals surface area contributed by atoms with Gasteiger partial charge in [-0.15, -0.1) is 0 Å². The summed E-state index contributed by atoms with van der Waals surface area (Å²) in [6, 6.07) is 6.86. The van der Waals surface area contributed by atoms with E-state index in [-0.39, 0.29) is 0 Å². The van der Waals surface area contributed by atoms with Crippen molar-refractivity contribution in [2.24, 2.45) is 0 Å². The average Bonchev–Trinajstić information content (AvgIpc) is 2.44. The molecule has 0 aliphatic heterocycles. The van der Waals surface area contributed by atoms with Gasteiger partial charge in [0, 0.05) is 19.7 Å². The van der Waals surface area contributed by atoms with Crippen LogP contribution in [0, 0.1) is 0 Å². The van der Waals surface area contributed by atoms with E-state index in [0.29, 0.717) is 39.9 Å². The number of nitrogens with one attached hydrogen (secondary N) is 1. The highest BCUT2D eigenvalue weighted by atomic mass is 35.5. The molecule has 5 nitrogen and oxygen atoms in total. The van der Waals surface area contributed by atoms with E-state index in [9.17, 15) is 0 Å². The summed E-state index contributed by atoms with van der Waals surface area (Å²) in [5.41, 5.74) is 0. The summed E-state index contributed by atoms with van der Waals surface area (Å²) in [5.74, 6) is 1.99. The Labute approximate surface area is 133 Å². The van der Waals surface area contributed by atoms with Crippen molar-refractivity contribution < 1.29 is 9.47 Å². The lowest BCUT2D eigenvalue weighted by Gasteiger charge is -2.11. The lowest BCUT2D eigenvalue weighted by molar-refractivity contribution is 0.177. The van der Waals surface area contributed by atoms with Gasteiger partial charge in [0.1, 0.15) is 23.2 Å². The molecule has 112 valence electrons. The second-order valence-electron chi connectivity index (χ2n) is 4.13. The Morgan fingerprint density at radius 2 is 2.05 bits per heavy atom. The number of aromatic nitrogens is 2. The molecule has 1 heterocycles. The molecule has 0 spiro atoms. The van der Waals surface area contributed by atoms with Crippen LogP contribution in [0.1, 0.15) is 12.7 Å². The smallest absolute Gasteiger partial charge is 0.224 e. The number of benzene rings is 1. The zero-order valence-corrected chi connectivity index (χ0v) is 13.2. The lowest BCUT2D eigenvalue weighted by Crippen LogP contribution is -2.05. The fraction of sp³-hybridized carbons (Fsp3) is 0.286. The van der Waals surface area contributed by atoms with E-state index in [1.807, 2.05) is 6.92 Å². The molecule has 1 aromatic heterocycles. The Morgan fingerprint density at radius 1 is 1.24 bits per heavy atom. The van der Waals surface area contributed by atoms with E-state index in [2.05, 4.69) is 15.3 Å². The molecule has 1 N–H and O–H groups in total. The summed E-state index contributed by atoms with van der Waals surface area (Å²) in [4.78, 5) is 8.58. The first-order chi connectivity index (χ1) is 10.1. The van der Waals surface area contributed by atoms with Gasteiger partial charge in [-0.1, -0.05) is 29.3 Å². The van der Waals surface area contributed by atoms with Gasteiger partial charge in [0.05, 0.1) is 5.02 Å². The molecule has 0 atom stereocenters. The third-order valence-electron chi connectivity index (χ3n) is 2.51. The van der Waals surface area contributed by atoms with Gasteiger partial charge in [-0.2, -0.15) is 4.98 Å². The van der Waals surface area contributed by atoms with Crippen LogP contribution in [0.2, 0.25) is 10.0 Å². The van der Waals surface area contributed by atoms with Crippen LogP contribution in [-0.2, 0) is 11.3 Å². The molecule has 0 aliphatic carbocycles. The number of hydrogen-bond donors (Lipinski definition) is 1. The second kappa shape index (κ2) is 7.45. The van der Waals surface area contributed by atoms with Crippen molar-refractivity contribution in [2.45, 2.75) is 13.5 Å². The maximum atomic E-state index is 6.10. The van der Waals surface area contributed by atoms with Gasteiger partial charge in [0.2, 0.25) is 5.88 Å². The van der Waals surface area contributed by atoms with E-state index < -0.39 is 0 Å². The molecule has 0 saturated carbocycles. The highest BCUT2D eigenvalue weighted by Gasteiger charge is 2.10. The van der Waals surface area contributed by atoms with Crippen molar-refractivity contribution in [3.05, 3.63) is 40.1 Å². The summed E-state index contributed by atoms with van der Waals surface area (Å²) in [6.45, 7) is 3.01. The van der Waals surface area contributed by atoms with Gasteiger partial charge in [-0.25, -0.2) is 4.98 Å². The number of hydrogen-bond acceptors (Lipinski definition) is 5. The number of rotatable bonds is 6. The van der Waals surface area contributed by atoms with Crippen LogP contribution in [0.25, 0.3) is 0 Å². The molecule has 0 saturated heterocycles. The third-order valence-corrected chi connectivity index (χ3v) is 3.31. The highest BCUT2D eigenvalue weighted by Crippen LogP contribution is 2.34. The van der Waals surface area contributed by atoms with Crippen molar-refractivity contribution >= 4 is 29.0 Å². The Bertz CT molecular complexity index is 599. The minimum absolute atomic E-state index is 0.291. The van der Waals surface area contributed by atoms with E-state index in [0.717, 1.165) is 6.54 Å². The van der Waals surface area contributed by atoms with Crippen LogP contribution in [0.5, 0.6) is 11.6 Å². The van der Waals surface area contributed by atoms with Gasteiger partial charge in [0.25, 0.3) is 0 Å². The summed E-state index contributed by atoms with van der Waals surface area (Å²) < 4.78 is 10.8. The number of nitrogens with zero attached hydrogens (tertiary/aromatic N) is 2. The van der Waals surface area contributed by atoms with E-state index >= 15 is 0 Å². The third kappa shape index (κ3) is 4.20. The fourth-order valence-corrected chi connectivity index (χ4v) is 2.00. The van der Waals surface area contributed by atoms with Crippen molar-refractivity contribution in [2.75, 3.05) is 19.0 Å². The molecule has 0 fully saturated rings. The van der Waals surface area contributed by atoms with Gasteiger partial charge in [-0.05, 0) is 19.1 Å². The zero-order chi connectivity index (χ0) is 15.2. The van der Waals surface area contributed by atoms with Crippen LogP contribution in [0.4, 0.5) is 5.82 Å². The van der Waals surface area contributed by atoms with Gasteiger partial charge in [-0.3, -0.25) is 0 Å². The van der Waals surface area contributed by atoms with Crippen molar-refractivity contribution in [1.29, 1.82) is 0 Å². The summed E-state index contributed by atoms with van der Waals surface area (Å²) in [5, 5.41) is 3.88. The molecule has 2 rings (SSSR count). The summed E-state index contributed by atoms with van der Waals surface area (Å²) in [7, 11) is 1.58. The van der Waals surface area contributed by atoms with Crippen molar-refractivity contribution in [3.63, 3.8) is 0 Å². The number of methoxy groups -OCH3 is 1. The monoisotopic (exact) mass is 327 g/mol. The Kier molecular flexibility index (Phi) is 5.61. The lowest BCUT2D eigenvalue weighted by atomic mass is 10.3. The van der Waals surface area contributed by atoms with Crippen LogP contribution in [-0.4, -0.2) is 23.6 Å². The molecule has 0 aliphatic rings. The zero-order valence-electron chi connectivity index (χ0n) is 11.7. The molecule has 0 amide bonds. The number of ether oxygens (including phenoxy) is 2. The topological polar surface area (TPSA) is 56.3 Å². The van der Waals surface area contributed by atoms with E-state index in [1.54, 1.807) is 31.4 Å². The Morgan fingerprint density at radius 3 is 2.76 bits per heavy atom. The van der Waals surface area contributed by atoms with Crippen LogP contribution in [0.15, 0.2) is 24.3 Å². The van der Waals surface area contributed by atoms with Crippen LogP contribution < -0.4 is 10.1 Å². The minimum Gasteiger partial charge on any atom is -0.437 e. The molecular formula is C14H15Cl2N3O2. The van der Waals surface area contributed by atoms with Crippen LogP contribution in [0.3, 0.4) is 0 Å². The molecule has 0 unspecified atom stereocenters. The Balaban J connectivity index is 2.31. The first-order valence-corrected chi connectivity index (χ1v) is 7.12. The molecular weight excluding hydrogens is 313 g/mol. The summed E-state index contributed by atoms with van der Waals surface area (Å²) >= 11 is 12.1. The van der Waals surface area contributed by atoms with Crippen LogP contribution >= 0.6 is 23.2 Å². The quantitative estimate of drug-likeness (QED) is 0.863. The Hall–Kier alpha value is -1.56. The highest BCUT2D eigenvalue weighted by molar-refractivity contribution is 6.42. The first-order valence-electron chi connectivity index (χ1n) is 6.36. The van der Waals surface area contributed by atoms with Gasteiger partial charge >= 0.3 is 0 Å². The molecule has 7 heteroatoms. The largest absolute Gasteiger partial charge is 0.437 e. The molecule has 2 aromatic rings. The van der Waals surface area contributed by atoms with Gasteiger partial charge < -0.3 is 14.8 Å².